The highest BCUT2D eigenvalue weighted by Crippen LogP contribution is 2.26. The van der Waals surface area contributed by atoms with Crippen LogP contribution in [0.2, 0.25) is 4.34 Å². The Labute approximate surface area is 184 Å². The molecule has 0 aliphatic rings. The summed E-state index contributed by atoms with van der Waals surface area (Å²) in [6.07, 6.45) is 5.61. The molecule has 0 aliphatic carbocycles. The number of hydrogen-bond acceptors (Lipinski definition) is 4. The van der Waals surface area contributed by atoms with E-state index in [2.05, 4.69) is 34.6 Å². The molecular formula is C18H34ClIN4OS. The average molecular weight is 517 g/mol. The molecule has 1 aromatic rings. The lowest BCUT2D eigenvalue weighted by Crippen LogP contribution is -2.38. The minimum atomic E-state index is -0.607. The molecule has 1 unspecified atom stereocenters. The van der Waals surface area contributed by atoms with Crippen molar-refractivity contribution in [2.24, 2.45) is 4.99 Å². The van der Waals surface area contributed by atoms with Crippen molar-refractivity contribution in [3.8, 4) is 0 Å². The van der Waals surface area contributed by atoms with Gasteiger partial charge >= 0.3 is 0 Å². The summed E-state index contributed by atoms with van der Waals surface area (Å²) >= 11 is 7.30. The van der Waals surface area contributed by atoms with Crippen LogP contribution in [0, 0.1) is 0 Å². The zero-order valence-electron chi connectivity index (χ0n) is 16.1. The van der Waals surface area contributed by atoms with Crippen LogP contribution in [-0.4, -0.2) is 56.2 Å². The van der Waals surface area contributed by atoms with Gasteiger partial charge in [-0.25, -0.2) is 0 Å². The molecule has 0 bridgehead atoms. The number of guanidine groups is 1. The molecule has 0 amide bonds. The second-order valence-corrected chi connectivity index (χ2v) is 8.12. The zero-order chi connectivity index (χ0) is 18.5. The van der Waals surface area contributed by atoms with Crippen molar-refractivity contribution in [1.29, 1.82) is 0 Å². The summed E-state index contributed by atoms with van der Waals surface area (Å²) in [4.78, 5) is 7.55. The summed E-state index contributed by atoms with van der Waals surface area (Å²) in [5.74, 6) is 0.761. The van der Waals surface area contributed by atoms with Gasteiger partial charge in [0.2, 0.25) is 0 Å². The highest BCUT2D eigenvalue weighted by atomic mass is 127. The molecule has 152 valence electrons. The van der Waals surface area contributed by atoms with E-state index in [1.54, 1.807) is 6.07 Å². The van der Waals surface area contributed by atoms with Gasteiger partial charge in [0.15, 0.2) is 5.96 Å². The summed E-state index contributed by atoms with van der Waals surface area (Å²) in [7, 11) is 4.24. The Balaban J connectivity index is 0.00000625. The minimum Gasteiger partial charge on any atom is -0.386 e. The third-order valence-corrected chi connectivity index (χ3v) is 5.10. The fourth-order valence-corrected chi connectivity index (χ4v) is 3.45. The molecule has 0 radical (unpaired) electrons. The van der Waals surface area contributed by atoms with Gasteiger partial charge in [-0.2, -0.15) is 0 Å². The third kappa shape index (κ3) is 12.3. The molecule has 3 N–H and O–H groups in total. The van der Waals surface area contributed by atoms with Crippen LogP contribution < -0.4 is 10.6 Å². The second-order valence-electron chi connectivity index (χ2n) is 6.38. The van der Waals surface area contributed by atoms with Crippen LogP contribution in [0.15, 0.2) is 17.1 Å². The number of unbranched alkanes of at least 4 members (excludes halogenated alkanes) is 4. The molecule has 0 saturated heterocycles. The molecule has 5 nitrogen and oxygen atoms in total. The maximum atomic E-state index is 10.2. The van der Waals surface area contributed by atoms with Crippen molar-refractivity contribution in [2.45, 2.75) is 45.1 Å². The summed E-state index contributed by atoms with van der Waals surface area (Å²) in [5.41, 5.74) is 0. The first-order valence-corrected chi connectivity index (χ1v) is 10.3. The first-order valence-electron chi connectivity index (χ1n) is 9.13. The number of aliphatic imine (C=N–C) groups is 1. The highest BCUT2D eigenvalue weighted by Gasteiger charge is 2.10. The zero-order valence-corrected chi connectivity index (χ0v) is 20.0. The Morgan fingerprint density at radius 2 is 1.88 bits per heavy atom. The van der Waals surface area contributed by atoms with E-state index < -0.39 is 6.10 Å². The van der Waals surface area contributed by atoms with E-state index in [1.807, 2.05) is 13.0 Å². The van der Waals surface area contributed by atoms with Crippen LogP contribution in [-0.2, 0) is 0 Å². The summed E-state index contributed by atoms with van der Waals surface area (Å²) < 4.78 is 0.689. The number of nitrogens with one attached hydrogen (secondary N) is 2. The molecule has 0 aliphatic heterocycles. The molecule has 0 aromatic carbocycles. The molecule has 1 atom stereocenters. The van der Waals surface area contributed by atoms with E-state index >= 15 is 0 Å². The monoisotopic (exact) mass is 516 g/mol. The van der Waals surface area contributed by atoms with Crippen LogP contribution in [0.25, 0.3) is 0 Å². The lowest BCUT2D eigenvalue weighted by molar-refractivity contribution is 0.191. The molecule has 1 heterocycles. The summed E-state index contributed by atoms with van der Waals surface area (Å²) in [5, 5.41) is 16.7. The third-order valence-electron chi connectivity index (χ3n) is 3.76. The van der Waals surface area contributed by atoms with Crippen molar-refractivity contribution < 1.29 is 5.11 Å². The quantitative estimate of drug-likeness (QED) is 0.169. The predicted molar refractivity (Wildman–Crippen MR) is 125 cm³/mol. The fraction of sp³-hybridized carbons (Fsp3) is 0.722. The van der Waals surface area contributed by atoms with E-state index in [0.717, 1.165) is 30.3 Å². The Hall–Kier alpha value is -0.0900. The number of aliphatic hydroxyl groups excluding tert-OH is 1. The molecule has 0 fully saturated rings. The van der Waals surface area contributed by atoms with Gasteiger partial charge in [-0.15, -0.1) is 35.3 Å². The largest absolute Gasteiger partial charge is 0.386 e. The number of thiophene rings is 1. The van der Waals surface area contributed by atoms with Gasteiger partial charge < -0.3 is 20.6 Å². The van der Waals surface area contributed by atoms with Crippen molar-refractivity contribution in [3.63, 3.8) is 0 Å². The standard InChI is InChI=1S/C18H33ClN4OS.HI/c1-4-20-18(21-12-8-6-5-7-9-13-23(2)3)22-14-15(24)16-10-11-17(19)25-16;/h10-11,15,24H,4-9,12-14H2,1-3H3,(H2,20,21,22);1H. The summed E-state index contributed by atoms with van der Waals surface area (Å²) in [6, 6.07) is 3.65. The van der Waals surface area contributed by atoms with E-state index in [1.165, 1.54) is 43.6 Å². The first kappa shape index (κ1) is 25.9. The van der Waals surface area contributed by atoms with Crippen molar-refractivity contribution in [2.75, 3.05) is 40.3 Å². The smallest absolute Gasteiger partial charge is 0.191 e. The van der Waals surface area contributed by atoms with Crippen molar-refractivity contribution in [3.05, 3.63) is 21.3 Å². The maximum Gasteiger partial charge on any atom is 0.191 e. The van der Waals surface area contributed by atoms with Gasteiger partial charge in [0.25, 0.3) is 0 Å². The van der Waals surface area contributed by atoms with Crippen molar-refractivity contribution >= 4 is 52.9 Å². The van der Waals surface area contributed by atoms with Crippen LogP contribution >= 0.6 is 46.9 Å². The van der Waals surface area contributed by atoms with Crippen LogP contribution in [0.4, 0.5) is 0 Å². The number of rotatable bonds is 12. The van der Waals surface area contributed by atoms with Gasteiger partial charge in [-0.3, -0.25) is 4.99 Å². The molecule has 1 rings (SSSR count). The Bertz CT molecular complexity index is 499. The van der Waals surface area contributed by atoms with E-state index in [0.29, 0.717) is 10.9 Å². The number of nitrogens with zero attached hydrogens (tertiary/aromatic N) is 2. The molecule has 26 heavy (non-hydrogen) atoms. The van der Waals surface area contributed by atoms with Crippen LogP contribution in [0.1, 0.15) is 50.0 Å². The lowest BCUT2D eigenvalue weighted by atomic mass is 10.1. The normalized spacial score (nSPS) is 12.8. The number of hydrogen-bond donors (Lipinski definition) is 3. The second kappa shape index (κ2) is 15.9. The Kier molecular flexibility index (Phi) is 15.9. The van der Waals surface area contributed by atoms with Gasteiger partial charge in [-0.1, -0.05) is 30.9 Å². The Morgan fingerprint density at radius 3 is 2.50 bits per heavy atom. The minimum absolute atomic E-state index is 0. The molecule has 0 saturated carbocycles. The van der Waals surface area contributed by atoms with Gasteiger partial charge in [-0.05, 0) is 52.5 Å². The van der Waals surface area contributed by atoms with E-state index in [4.69, 9.17) is 11.6 Å². The van der Waals surface area contributed by atoms with Crippen molar-refractivity contribution in [1.82, 2.24) is 15.5 Å². The van der Waals surface area contributed by atoms with Gasteiger partial charge in [0.05, 0.1) is 10.9 Å². The van der Waals surface area contributed by atoms with Crippen LogP contribution in [0.3, 0.4) is 0 Å². The number of aliphatic hydroxyl groups is 1. The fourth-order valence-electron chi connectivity index (χ4n) is 2.41. The molecular weight excluding hydrogens is 483 g/mol. The lowest BCUT2D eigenvalue weighted by Gasteiger charge is -2.13. The maximum absolute atomic E-state index is 10.2. The molecule has 8 heteroatoms. The summed E-state index contributed by atoms with van der Waals surface area (Å²) in [6.45, 7) is 5.25. The Morgan fingerprint density at radius 1 is 1.19 bits per heavy atom. The topological polar surface area (TPSA) is 59.9 Å². The molecule has 0 spiro atoms. The van der Waals surface area contributed by atoms with Crippen LogP contribution in [0.5, 0.6) is 0 Å². The highest BCUT2D eigenvalue weighted by molar-refractivity contribution is 14.0. The van der Waals surface area contributed by atoms with Gasteiger partial charge in [0.1, 0.15) is 6.10 Å². The molecule has 1 aromatic heterocycles. The predicted octanol–water partition coefficient (Wildman–Crippen LogP) is 4.12. The van der Waals surface area contributed by atoms with Gasteiger partial charge in [0, 0.05) is 18.0 Å². The van der Waals surface area contributed by atoms with E-state index in [-0.39, 0.29) is 24.0 Å². The SMILES string of the molecule is CCNC(=NCC(O)c1ccc(Cl)s1)NCCCCCCCN(C)C.I. The van der Waals surface area contributed by atoms with E-state index in [9.17, 15) is 5.11 Å². The average Bonchev–Trinajstić information content (AvgIpc) is 3.01. The number of halogens is 2. The first-order chi connectivity index (χ1) is 12.0.